The first-order chi connectivity index (χ1) is 8.70. The van der Waals surface area contributed by atoms with Gasteiger partial charge in [-0.1, -0.05) is 11.6 Å². The van der Waals surface area contributed by atoms with Crippen molar-refractivity contribution >= 4 is 17.5 Å². The summed E-state index contributed by atoms with van der Waals surface area (Å²) in [6.45, 7) is 4.56. The monoisotopic (exact) mass is 269 g/mol. The summed E-state index contributed by atoms with van der Waals surface area (Å²) in [6.07, 6.45) is 5.24. The van der Waals surface area contributed by atoms with E-state index in [1.54, 1.807) is 12.3 Å². The molecule has 1 aromatic heterocycles. The number of hydrogen-bond donors (Lipinski definition) is 2. The fraction of sp³-hybridized carbons (Fsp3) is 0.615. The highest BCUT2D eigenvalue weighted by Crippen LogP contribution is 2.14. The van der Waals surface area contributed by atoms with Crippen LogP contribution in [0.5, 0.6) is 0 Å². The molecule has 0 aromatic carbocycles. The van der Waals surface area contributed by atoms with Gasteiger partial charge >= 0.3 is 0 Å². The van der Waals surface area contributed by atoms with E-state index in [0.29, 0.717) is 23.3 Å². The highest BCUT2D eigenvalue weighted by atomic mass is 35.5. The Labute approximate surface area is 113 Å². The molecule has 0 aliphatic carbocycles. The molecule has 1 fully saturated rings. The largest absolute Gasteiger partial charge is 0.351 e. The number of nitrogens with zero attached hydrogens (tertiary/aromatic N) is 1. The normalized spacial score (nSPS) is 19.1. The number of aryl methyl sites for hydroxylation is 1. The second-order valence-electron chi connectivity index (χ2n) is 4.67. The van der Waals surface area contributed by atoms with Crippen LogP contribution in [0.1, 0.15) is 36.7 Å². The van der Waals surface area contributed by atoms with Crippen LogP contribution in [0.3, 0.4) is 0 Å². The van der Waals surface area contributed by atoms with Gasteiger partial charge in [0.1, 0.15) is 5.69 Å². The lowest BCUT2D eigenvalue weighted by molar-refractivity contribution is 0.0943. The number of nitrogens with one attached hydrogen (secondary N) is 2. The van der Waals surface area contributed by atoms with Gasteiger partial charge in [-0.15, -0.1) is 0 Å². The molecular formula is C13H20ClN3O. The molecule has 1 atom stereocenters. The van der Waals surface area contributed by atoms with Crippen molar-refractivity contribution < 1.29 is 4.79 Å². The summed E-state index contributed by atoms with van der Waals surface area (Å²) in [5.41, 5.74) is 0.641. The maximum absolute atomic E-state index is 12.0. The van der Waals surface area contributed by atoms with Crippen LogP contribution in [0.2, 0.25) is 5.02 Å². The van der Waals surface area contributed by atoms with Crippen LogP contribution in [-0.2, 0) is 6.54 Å². The summed E-state index contributed by atoms with van der Waals surface area (Å²) in [4.78, 5) is 12.0. The third kappa shape index (κ3) is 3.27. The molecule has 0 radical (unpaired) electrons. The van der Waals surface area contributed by atoms with Crippen LogP contribution < -0.4 is 10.6 Å². The van der Waals surface area contributed by atoms with Gasteiger partial charge in [0.05, 0.1) is 5.02 Å². The molecule has 1 amide bonds. The van der Waals surface area contributed by atoms with Crippen molar-refractivity contribution in [3.8, 4) is 0 Å². The molecule has 2 heterocycles. The minimum atomic E-state index is -0.0400. The average Bonchev–Trinajstić information content (AvgIpc) is 2.98. The van der Waals surface area contributed by atoms with E-state index >= 15 is 0 Å². The standard InChI is InChI=1S/C13H20ClN3O/c1-2-17-9-10(14)8-12(17)13(18)16-7-5-11-4-3-6-15-11/h8-9,11,15H,2-7H2,1H3,(H,16,18)/t11-/m1/s1. The van der Waals surface area contributed by atoms with Crippen molar-refractivity contribution in [2.45, 2.75) is 38.8 Å². The third-order valence-corrected chi connectivity index (χ3v) is 3.58. The lowest BCUT2D eigenvalue weighted by atomic mass is 10.1. The van der Waals surface area contributed by atoms with E-state index in [1.165, 1.54) is 12.8 Å². The predicted molar refractivity (Wildman–Crippen MR) is 73.1 cm³/mol. The summed E-state index contributed by atoms with van der Waals surface area (Å²) in [6, 6.07) is 2.28. The molecule has 0 saturated carbocycles. The van der Waals surface area contributed by atoms with Crippen molar-refractivity contribution in [2.75, 3.05) is 13.1 Å². The molecule has 2 N–H and O–H groups in total. The molecule has 18 heavy (non-hydrogen) atoms. The first kappa shape index (κ1) is 13.4. The average molecular weight is 270 g/mol. The van der Waals surface area contributed by atoms with Gasteiger partial charge in [0.15, 0.2) is 0 Å². The first-order valence-electron chi connectivity index (χ1n) is 6.58. The lowest BCUT2D eigenvalue weighted by Crippen LogP contribution is -2.31. The minimum Gasteiger partial charge on any atom is -0.351 e. The Balaban J connectivity index is 1.83. The number of carbonyl (C=O) groups is 1. The van der Waals surface area contributed by atoms with Gasteiger partial charge in [0, 0.05) is 25.3 Å². The fourth-order valence-corrected chi connectivity index (χ4v) is 2.60. The van der Waals surface area contributed by atoms with E-state index in [9.17, 15) is 4.79 Å². The number of carbonyl (C=O) groups excluding carboxylic acids is 1. The number of aromatic nitrogens is 1. The molecule has 1 aromatic rings. The Morgan fingerprint density at radius 1 is 1.67 bits per heavy atom. The second-order valence-corrected chi connectivity index (χ2v) is 5.10. The molecule has 4 nitrogen and oxygen atoms in total. The van der Waals surface area contributed by atoms with Gasteiger partial charge in [0.2, 0.25) is 0 Å². The molecule has 100 valence electrons. The zero-order valence-electron chi connectivity index (χ0n) is 10.7. The summed E-state index contributed by atoms with van der Waals surface area (Å²) in [5, 5.41) is 6.99. The number of halogens is 1. The van der Waals surface area contributed by atoms with Gasteiger partial charge in [-0.05, 0) is 38.8 Å². The Hall–Kier alpha value is -1.00. The zero-order chi connectivity index (χ0) is 13.0. The van der Waals surface area contributed by atoms with Crippen molar-refractivity contribution in [3.63, 3.8) is 0 Å². The van der Waals surface area contributed by atoms with Crippen molar-refractivity contribution in [3.05, 3.63) is 23.0 Å². The molecular weight excluding hydrogens is 250 g/mol. The van der Waals surface area contributed by atoms with Crippen molar-refractivity contribution in [1.29, 1.82) is 0 Å². The third-order valence-electron chi connectivity index (χ3n) is 3.38. The Bertz CT molecular complexity index is 410. The lowest BCUT2D eigenvalue weighted by Gasteiger charge is -2.11. The summed E-state index contributed by atoms with van der Waals surface area (Å²) < 4.78 is 1.87. The van der Waals surface area contributed by atoms with E-state index in [4.69, 9.17) is 11.6 Å². The van der Waals surface area contributed by atoms with Crippen LogP contribution >= 0.6 is 11.6 Å². The van der Waals surface area contributed by atoms with E-state index in [-0.39, 0.29) is 5.91 Å². The predicted octanol–water partition coefficient (Wildman–Crippen LogP) is 2.03. The molecule has 0 unspecified atom stereocenters. The summed E-state index contributed by atoms with van der Waals surface area (Å²) in [5.74, 6) is -0.0400. The van der Waals surface area contributed by atoms with Crippen molar-refractivity contribution in [2.24, 2.45) is 0 Å². The van der Waals surface area contributed by atoms with E-state index in [1.807, 2.05) is 11.5 Å². The topological polar surface area (TPSA) is 46.1 Å². The summed E-state index contributed by atoms with van der Waals surface area (Å²) >= 11 is 5.92. The zero-order valence-corrected chi connectivity index (χ0v) is 11.5. The molecule has 2 rings (SSSR count). The molecule has 1 aliphatic rings. The Kier molecular flexibility index (Phi) is 4.66. The van der Waals surface area contributed by atoms with E-state index in [2.05, 4.69) is 10.6 Å². The van der Waals surface area contributed by atoms with Gasteiger partial charge in [-0.3, -0.25) is 4.79 Å². The van der Waals surface area contributed by atoms with Gasteiger partial charge < -0.3 is 15.2 Å². The maximum Gasteiger partial charge on any atom is 0.267 e. The number of hydrogen-bond acceptors (Lipinski definition) is 2. The van der Waals surface area contributed by atoms with Gasteiger partial charge in [-0.25, -0.2) is 0 Å². The molecule has 0 spiro atoms. The maximum atomic E-state index is 12.0. The quantitative estimate of drug-likeness (QED) is 0.859. The number of amides is 1. The molecule has 1 saturated heterocycles. The van der Waals surface area contributed by atoms with Gasteiger partial charge in [0.25, 0.3) is 5.91 Å². The Morgan fingerprint density at radius 3 is 3.17 bits per heavy atom. The highest BCUT2D eigenvalue weighted by Gasteiger charge is 2.15. The Morgan fingerprint density at radius 2 is 2.50 bits per heavy atom. The molecule has 0 bridgehead atoms. The van der Waals surface area contributed by atoms with Crippen LogP contribution in [0.4, 0.5) is 0 Å². The fourth-order valence-electron chi connectivity index (χ4n) is 2.38. The molecule has 5 heteroatoms. The SMILES string of the molecule is CCn1cc(Cl)cc1C(=O)NCC[C@H]1CCCN1. The molecule has 1 aliphatic heterocycles. The second kappa shape index (κ2) is 6.25. The van der Waals surface area contributed by atoms with Crippen LogP contribution in [0, 0.1) is 0 Å². The van der Waals surface area contributed by atoms with Crippen molar-refractivity contribution in [1.82, 2.24) is 15.2 Å². The smallest absolute Gasteiger partial charge is 0.267 e. The first-order valence-corrected chi connectivity index (χ1v) is 6.95. The minimum absolute atomic E-state index is 0.0400. The van der Waals surface area contributed by atoms with Crippen LogP contribution in [0.15, 0.2) is 12.3 Å². The van der Waals surface area contributed by atoms with E-state index < -0.39 is 0 Å². The van der Waals surface area contributed by atoms with Gasteiger partial charge in [-0.2, -0.15) is 0 Å². The highest BCUT2D eigenvalue weighted by molar-refractivity contribution is 6.31. The number of rotatable bonds is 5. The van der Waals surface area contributed by atoms with Crippen LogP contribution in [-0.4, -0.2) is 29.6 Å². The van der Waals surface area contributed by atoms with E-state index in [0.717, 1.165) is 19.5 Å². The summed E-state index contributed by atoms with van der Waals surface area (Å²) in [7, 11) is 0. The van der Waals surface area contributed by atoms with Crippen LogP contribution in [0.25, 0.3) is 0 Å².